The normalized spacial score (nSPS) is 12.8. The molecule has 0 saturated heterocycles. The van der Waals surface area contributed by atoms with E-state index in [0.717, 1.165) is 0 Å². The van der Waals surface area contributed by atoms with E-state index in [1.54, 1.807) is 0 Å². The zero-order valence-corrected chi connectivity index (χ0v) is 16.2. The van der Waals surface area contributed by atoms with Crippen LogP contribution in [-0.2, 0) is 21.4 Å². The minimum absolute atomic E-state index is 0. The third-order valence-electron chi connectivity index (χ3n) is 3.31. The third kappa shape index (κ3) is 5.45. The minimum Gasteiger partial charge on any atom is -0.540 e. The molecule has 0 aliphatic carbocycles. The van der Waals surface area contributed by atoms with Crippen molar-refractivity contribution in [3.05, 3.63) is 28.8 Å². The van der Waals surface area contributed by atoms with Gasteiger partial charge in [0.25, 0.3) is 5.91 Å². The number of carbonyl (C=O) groups is 2. The van der Waals surface area contributed by atoms with Crippen LogP contribution in [0, 0.1) is 6.92 Å². The van der Waals surface area contributed by atoms with Crippen LogP contribution >= 0.6 is 0 Å². The molecular formula is C13H7F10N2NaO3. The van der Waals surface area contributed by atoms with Gasteiger partial charge in [0.2, 0.25) is 0 Å². The van der Waals surface area contributed by atoms with E-state index in [-0.39, 0.29) is 35.6 Å². The second kappa shape index (κ2) is 8.55. The molecule has 0 fully saturated rings. The van der Waals surface area contributed by atoms with Gasteiger partial charge in [-0.3, -0.25) is 15.6 Å². The van der Waals surface area contributed by atoms with Crippen molar-refractivity contribution in [2.24, 2.45) is 0 Å². The summed E-state index contributed by atoms with van der Waals surface area (Å²) in [6.07, 6.45) is -18.9. The number of carboxylic acids is 1. The fourth-order valence-electron chi connectivity index (χ4n) is 2.03. The summed E-state index contributed by atoms with van der Waals surface area (Å²) < 4.78 is 130. The van der Waals surface area contributed by atoms with E-state index in [9.17, 15) is 58.6 Å². The van der Waals surface area contributed by atoms with Crippen molar-refractivity contribution in [2.75, 3.05) is 5.43 Å². The number of carboxylic acid groups (broad SMARTS) is 1. The van der Waals surface area contributed by atoms with E-state index in [1.807, 2.05) is 0 Å². The molecule has 0 atom stereocenters. The second-order valence-corrected chi connectivity index (χ2v) is 5.23. The van der Waals surface area contributed by atoms with Gasteiger partial charge in [-0.1, -0.05) is 6.07 Å². The molecule has 1 amide bonds. The molecule has 0 aliphatic rings. The van der Waals surface area contributed by atoms with Crippen LogP contribution in [0.4, 0.5) is 49.6 Å². The number of anilines is 1. The molecule has 29 heavy (non-hydrogen) atoms. The Morgan fingerprint density at radius 3 is 1.69 bits per heavy atom. The van der Waals surface area contributed by atoms with Gasteiger partial charge in [0.05, 0.1) is 11.3 Å². The molecule has 0 aromatic heterocycles. The van der Waals surface area contributed by atoms with Crippen molar-refractivity contribution in [1.82, 2.24) is 5.43 Å². The fraction of sp³-hybridized carbons (Fsp3) is 0.385. The van der Waals surface area contributed by atoms with Crippen LogP contribution in [0.3, 0.4) is 0 Å². The summed E-state index contributed by atoms with van der Waals surface area (Å²) in [5.41, 5.74) is -10.5. The van der Waals surface area contributed by atoms with Crippen molar-refractivity contribution in [3.63, 3.8) is 0 Å². The molecule has 2 N–H and O–H groups in total. The molecule has 1 rings (SSSR count). The Labute approximate surface area is 176 Å². The van der Waals surface area contributed by atoms with Gasteiger partial charge in [-0.25, -0.2) is 4.39 Å². The van der Waals surface area contributed by atoms with E-state index in [2.05, 4.69) is 0 Å². The predicted molar refractivity (Wildman–Crippen MR) is 67.8 cm³/mol. The van der Waals surface area contributed by atoms with Gasteiger partial charge in [0.1, 0.15) is 5.97 Å². The number of amides is 1. The molecule has 0 heterocycles. The number of hydrogen-bond donors (Lipinski definition) is 2. The first kappa shape index (κ1) is 27.3. The van der Waals surface area contributed by atoms with Gasteiger partial charge in [0.15, 0.2) is 0 Å². The van der Waals surface area contributed by atoms with Crippen LogP contribution in [0.1, 0.15) is 16.7 Å². The Bertz CT molecular complexity index is 775. The molecule has 0 saturated carbocycles. The zero-order chi connectivity index (χ0) is 22.3. The van der Waals surface area contributed by atoms with Crippen LogP contribution in [0.25, 0.3) is 0 Å². The standard InChI is InChI=1S/C13H8F10N2O3.Na/c1-4-2-5(10(14,12(18,19)20)13(21,22)23)3-6(11(15,16)17)7(4)24-25-8(26)9(27)28;/h2-3,24H,1H3,(H,25,26)(H,27,28);/q;+1/p-1. The minimum atomic E-state index is -6.65. The maximum absolute atomic E-state index is 14.0. The molecule has 0 spiro atoms. The summed E-state index contributed by atoms with van der Waals surface area (Å²) in [6, 6.07) is -0.925. The summed E-state index contributed by atoms with van der Waals surface area (Å²) in [7, 11) is 0. The number of aryl methyl sites for hydroxylation is 1. The monoisotopic (exact) mass is 452 g/mol. The zero-order valence-electron chi connectivity index (χ0n) is 14.2. The van der Waals surface area contributed by atoms with Crippen LogP contribution < -0.4 is 45.5 Å². The summed E-state index contributed by atoms with van der Waals surface area (Å²) >= 11 is 0. The second-order valence-electron chi connectivity index (χ2n) is 5.23. The Hall–Kier alpha value is -1.74. The van der Waals surface area contributed by atoms with E-state index < -0.39 is 64.5 Å². The van der Waals surface area contributed by atoms with E-state index >= 15 is 0 Å². The van der Waals surface area contributed by atoms with Crippen molar-refractivity contribution in [2.45, 2.75) is 31.1 Å². The number of alkyl halides is 10. The number of benzene rings is 1. The molecule has 5 nitrogen and oxygen atoms in total. The van der Waals surface area contributed by atoms with Gasteiger partial charge < -0.3 is 9.90 Å². The number of hydrazine groups is 1. The molecular weight excluding hydrogens is 445 g/mol. The molecule has 0 aliphatic heterocycles. The van der Waals surface area contributed by atoms with E-state index in [0.29, 0.717) is 6.92 Å². The SMILES string of the molecule is Cc1cc(C(F)(C(F)(F)F)C(F)(F)F)cc(C(F)(F)F)c1NNC(=O)C(=O)[O-].[Na+]. The molecule has 16 heteroatoms. The number of hydrogen-bond acceptors (Lipinski definition) is 4. The number of nitrogens with one attached hydrogen (secondary N) is 2. The largest absolute Gasteiger partial charge is 1.00 e. The fourth-order valence-corrected chi connectivity index (χ4v) is 2.03. The molecule has 0 bridgehead atoms. The van der Waals surface area contributed by atoms with Gasteiger partial charge in [-0.2, -0.15) is 39.5 Å². The van der Waals surface area contributed by atoms with E-state index in [1.165, 1.54) is 10.9 Å². The van der Waals surface area contributed by atoms with Gasteiger partial charge >= 0.3 is 53.8 Å². The summed E-state index contributed by atoms with van der Waals surface area (Å²) in [4.78, 5) is 21.0. The van der Waals surface area contributed by atoms with Crippen molar-refractivity contribution in [1.29, 1.82) is 0 Å². The molecule has 0 unspecified atom stereocenters. The first-order valence-corrected chi connectivity index (χ1v) is 6.66. The average Bonchev–Trinajstić information content (AvgIpc) is 2.48. The third-order valence-corrected chi connectivity index (χ3v) is 3.31. The number of carbonyl (C=O) groups excluding carboxylic acids is 2. The van der Waals surface area contributed by atoms with Crippen molar-refractivity contribution < 1.29 is 88.2 Å². The maximum atomic E-state index is 14.0. The molecule has 1 aromatic rings. The van der Waals surface area contributed by atoms with Gasteiger partial charge in [-0.15, -0.1) is 0 Å². The molecule has 0 radical (unpaired) electrons. The Kier molecular flexibility index (Phi) is 8.04. The Morgan fingerprint density at radius 1 is 0.897 bits per heavy atom. The quantitative estimate of drug-likeness (QED) is 0.281. The summed E-state index contributed by atoms with van der Waals surface area (Å²) in [5, 5.41) is 10.2. The van der Waals surface area contributed by atoms with Crippen LogP contribution in [0.15, 0.2) is 12.1 Å². The first-order valence-electron chi connectivity index (χ1n) is 6.66. The Balaban J connectivity index is 0.00000784. The number of halogens is 10. The van der Waals surface area contributed by atoms with Crippen LogP contribution in [0.2, 0.25) is 0 Å². The topological polar surface area (TPSA) is 81.3 Å². The van der Waals surface area contributed by atoms with Crippen LogP contribution in [-0.4, -0.2) is 24.2 Å². The average molecular weight is 452 g/mol. The predicted octanol–water partition coefficient (Wildman–Crippen LogP) is -0.500. The smallest absolute Gasteiger partial charge is 0.540 e. The van der Waals surface area contributed by atoms with Crippen LogP contribution in [0.5, 0.6) is 0 Å². The maximum Gasteiger partial charge on any atom is 1.00 e. The summed E-state index contributed by atoms with van der Waals surface area (Å²) in [5.74, 6) is -4.41. The van der Waals surface area contributed by atoms with Gasteiger partial charge in [0, 0.05) is 5.56 Å². The molecule has 1 aromatic carbocycles. The number of rotatable bonds is 3. The summed E-state index contributed by atoms with van der Waals surface area (Å²) in [6.45, 7) is 0.569. The van der Waals surface area contributed by atoms with Crippen molar-refractivity contribution in [3.8, 4) is 0 Å². The number of aliphatic carboxylic acids is 1. The van der Waals surface area contributed by atoms with Crippen molar-refractivity contribution >= 4 is 17.6 Å². The van der Waals surface area contributed by atoms with E-state index in [4.69, 9.17) is 0 Å². The first-order chi connectivity index (χ1) is 12.3. The Morgan fingerprint density at radius 2 is 1.34 bits per heavy atom. The van der Waals surface area contributed by atoms with Gasteiger partial charge in [-0.05, 0) is 18.6 Å². The molecule has 158 valence electrons.